The molecular formula is C16H20N4O3S. The van der Waals surface area contributed by atoms with Crippen LogP contribution in [0.15, 0.2) is 22.8 Å². The van der Waals surface area contributed by atoms with E-state index in [1.165, 1.54) is 15.9 Å². The monoisotopic (exact) mass is 348 g/mol. The molecule has 1 aliphatic rings. The Morgan fingerprint density at radius 1 is 1.42 bits per heavy atom. The molecule has 4 heterocycles. The van der Waals surface area contributed by atoms with E-state index in [0.29, 0.717) is 4.96 Å². The molecule has 1 saturated heterocycles. The maximum atomic E-state index is 10.7. The van der Waals surface area contributed by atoms with Gasteiger partial charge < -0.3 is 14.6 Å². The molecule has 3 aromatic heterocycles. The van der Waals surface area contributed by atoms with Crippen molar-refractivity contribution in [3.05, 3.63) is 34.9 Å². The first-order valence-electron chi connectivity index (χ1n) is 8.20. The fourth-order valence-electron chi connectivity index (χ4n) is 3.18. The Bertz CT molecular complexity index is 818. The Morgan fingerprint density at radius 2 is 2.21 bits per heavy atom. The van der Waals surface area contributed by atoms with Crippen LogP contribution < -0.4 is 0 Å². The molecule has 2 N–H and O–H groups in total. The molecule has 0 spiro atoms. The van der Waals surface area contributed by atoms with Crippen LogP contribution in [-0.4, -0.2) is 48.9 Å². The number of nitrogens with zero attached hydrogens (tertiary/aromatic N) is 4. The molecule has 1 fully saturated rings. The van der Waals surface area contributed by atoms with Crippen molar-refractivity contribution in [2.24, 2.45) is 0 Å². The zero-order valence-corrected chi connectivity index (χ0v) is 14.2. The molecule has 8 heteroatoms. The van der Waals surface area contributed by atoms with E-state index in [4.69, 9.17) is 4.42 Å². The number of aliphatic hydroxyl groups excluding tert-OH is 1. The molecule has 4 rings (SSSR count). The number of piperidine rings is 1. The summed E-state index contributed by atoms with van der Waals surface area (Å²) in [4.78, 5) is 8.15. The van der Waals surface area contributed by atoms with Crippen LogP contribution in [0.2, 0.25) is 0 Å². The fourth-order valence-corrected chi connectivity index (χ4v) is 4.30. The van der Waals surface area contributed by atoms with Gasteiger partial charge in [-0.2, -0.15) is 4.52 Å². The summed E-state index contributed by atoms with van der Waals surface area (Å²) in [7, 11) is 0. The van der Waals surface area contributed by atoms with Crippen molar-refractivity contribution in [1.29, 1.82) is 0 Å². The molecular weight excluding hydrogens is 328 g/mol. The van der Waals surface area contributed by atoms with E-state index in [2.05, 4.69) is 15.0 Å². The van der Waals surface area contributed by atoms with Gasteiger partial charge in [0.1, 0.15) is 11.8 Å². The molecule has 128 valence electrons. The summed E-state index contributed by atoms with van der Waals surface area (Å²) in [5, 5.41) is 24.8. The Morgan fingerprint density at radius 3 is 2.83 bits per heavy atom. The average Bonchev–Trinajstić information content (AvgIpc) is 3.29. The minimum atomic E-state index is -0.249. The normalized spacial score (nSPS) is 18.4. The third-order valence-electron chi connectivity index (χ3n) is 4.49. The number of aliphatic hydroxyl groups is 1. The summed E-state index contributed by atoms with van der Waals surface area (Å²) < 4.78 is 7.15. The van der Waals surface area contributed by atoms with E-state index in [1.807, 2.05) is 19.1 Å². The van der Waals surface area contributed by atoms with E-state index in [9.17, 15) is 10.2 Å². The summed E-state index contributed by atoms with van der Waals surface area (Å²) in [6, 6.07) is 3.58. The molecule has 0 saturated carbocycles. The van der Waals surface area contributed by atoms with Gasteiger partial charge in [0, 0.05) is 19.5 Å². The van der Waals surface area contributed by atoms with Gasteiger partial charge in [0.2, 0.25) is 10.8 Å². The number of hydrogen-bond donors (Lipinski definition) is 2. The first-order chi connectivity index (χ1) is 11.7. The highest BCUT2D eigenvalue weighted by Gasteiger charge is 2.33. The van der Waals surface area contributed by atoms with Crippen molar-refractivity contribution in [2.75, 3.05) is 13.1 Å². The molecule has 0 radical (unpaired) electrons. The standard InChI is InChI=1S/C16H20N4O3S/c1-2-12-17-16-20(18-12)15(22)14(24-16)13(11-4-3-9-23-11)19-7-5-10(21)6-8-19/h3-4,9-10,13,21-22H,2,5-8H2,1H3/t13-/m0/s1. The molecule has 0 bridgehead atoms. The minimum Gasteiger partial charge on any atom is -0.492 e. The molecule has 0 aliphatic carbocycles. The lowest BCUT2D eigenvalue weighted by Crippen LogP contribution is -2.38. The summed E-state index contributed by atoms with van der Waals surface area (Å²) in [6.45, 7) is 3.49. The molecule has 7 nitrogen and oxygen atoms in total. The van der Waals surface area contributed by atoms with E-state index in [0.717, 1.165) is 48.8 Å². The van der Waals surface area contributed by atoms with Crippen LogP contribution >= 0.6 is 11.3 Å². The summed E-state index contributed by atoms with van der Waals surface area (Å²) in [5.41, 5.74) is 0. The molecule has 0 aromatic carbocycles. The van der Waals surface area contributed by atoms with Crippen LogP contribution in [0.3, 0.4) is 0 Å². The van der Waals surface area contributed by atoms with Gasteiger partial charge in [-0.3, -0.25) is 4.90 Å². The van der Waals surface area contributed by atoms with Gasteiger partial charge in [-0.1, -0.05) is 18.3 Å². The Labute approximate surface area is 143 Å². The summed E-state index contributed by atoms with van der Waals surface area (Å²) in [6.07, 6.45) is 3.57. The van der Waals surface area contributed by atoms with Gasteiger partial charge in [-0.25, -0.2) is 4.98 Å². The molecule has 24 heavy (non-hydrogen) atoms. The van der Waals surface area contributed by atoms with Crippen LogP contribution in [0.1, 0.15) is 42.3 Å². The predicted octanol–water partition coefficient (Wildman–Crippen LogP) is 2.20. The summed E-state index contributed by atoms with van der Waals surface area (Å²) in [5.74, 6) is 1.62. The number of aryl methyl sites for hydroxylation is 1. The Hall–Kier alpha value is -1.90. The minimum absolute atomic E-state index is 0.120. The highest BCUT2D eigenvalue weighted by Crippen LogP contribution is 2.40. The second-order valence-corrected chi connectivity index (χ2v) is 7.06. The van der Waals surface area contributed by atoms with Gasteiger partial charge in [-0.15, -0.1) is 5.10 Å². The molecule has 0 unspecified atom stereocenters. The maximum absolute atomic E-state index is 10.7. The fraction of sp³-hybridized carbons (Fsp3) is 0.500. The number of rotatable bonds is 4. The SMILES string of the molecule is CCc1nc2sc([C@H](c3ccco3)N3CCC(O)CC3)c(O)n2n1. The van der Waals surface area contributed by atoms with Gasteiger partial charge in [0.25, 0.3) is 0 Å². The van der Waals surface area contributed by atoms with Crippen LogP contribution in [0, 0.1) is 0 Å². The first kappa shape index (κ1) is 15.6. The van der Waals surface area contributed by atoms with E-state index < -0.39 is 0 Å². The lowest BCUT2D eigenvalue weighted by molar-refractivity contribution is 0.0644. The van der Waals surface area contributed by atoms with Crippen molar-refractivity contribution < 1.29 is 14.6 Å². The predicted molar refractivity (Wildman–Crippen MR) is 89.3 cm³/mol. The number of aromatic hydroxyl groups is 1. The van der Waals surface area contributed by atoms with Crippen molar-refractivity contribution in [1.82, 2.24) is 19.5 Å². The number of hydrogen-bond acceptors (Lipinski definition) is 7. The van der Waals surface area contributed by atoms with Crippen molar-refractivity contribution in [3.63, 3.8) is 0 Å². The van der Waals surface area contributed by atoms with Crippen LogP contribution in [0.5, 0.6) is 5.88 Å². The third-order valence-corrected chi connectivity index (χ3v) is 5.56. The smallest absolute Gasteiger partial charge is 0.230 e. The second kappa shape index (κ2) is 6.19. The topological polar surface area (TPSA) is 87.0 Å². The lowest BCUT2D eigenvalue weighted by atomic mass is 10.0. The number of furan rings is 1. The van der Waals surface area contributed by atoms with Crippen LogP contribution in [0.25, 0.3) is 4.96 Å². The van der Waals surface area contributed by atoms with Crippen molar-refractivity contribution in [3.8, 4) is 5.88 Å². The highest BCUT2D eigenvalue weighted by molar-refractivity contribution is 7.17. The molecule has 1 aliphatic heterocycles. The Kier molecular flexibility index (Phi) is 4.03. The number of fused-ring (bicyclic) bond motifs is 1. The third kappa shape index (κ3) is 2.60. The van der Waals surface area contributed by atoms with E-state index >= 15 is 0 Å². The largest absolute Gasteiger partial charge is 0.492 e. The van der Waals surface area contributed by atoms with Gasteiger partial charge in [0.05, 0.1) is 17.2 Å². The maximum Gasteiger partial charge on any atom is 0.230 e. The number of thiazole rings is 1. The van der Waals surface area contributed by atoms with Crippen LogP contribution in [-0.2, 0) is 6.42 Å². The summed E-state index contributed by atoms with van der Waals surface area (Å²) >= 11 is 1.44. The number of likely N-dealkylation sites (tertiary alicyclic amines) is 1. The highest BCUT2D eigenvalue weighted by atomic mass is 32.1. The second-order valence-electron chi connectivity index (χ2n) is 6.05. The van der Waals surface area contributed by atoms with E-state index in [-0.39, 0.29) is 18.0 Å². The van der Waals surface area contributed by atoms with Crippen LogP contribution in [0.4, 0.5) is 0 Å². The Balaban J connectivity index is 1.76. The quantitative estimate of drug-likeness (QED) is 0.752. The zero-order valence-electron chi connectivity index (χ0n) is 13.4. The van der Waals surface area contributed by atoms with Crippen molar-refractivity contribution in [2.45, 2.75) is 38.3 Å². The molecule has 3 aromatic rings. The lowest BCUT2D eigenvalue weighted by Gasteiger charge is -2.34. The first-order valence-corrected chi connectivity index (χ1v) is 9.01. The van der Waals surface area contributed by atoms with E-state index in [1.54, 1.807) is 6.26 Å². The average molecular weight is 348 g/mol. The molecule has 1 atom stereocenters. The molecule has 0 amide bonds. The van der Waals surface area contributed by atoms with Gasteiger partial charge in [0.15, 0.2) is 5.82 Å². The zero-order chi connectivity index (χ0) is 16.7. The van der Waals surface area contributed by atoms with Crippen molar-refractivity contribution >= 4 is 16.3 Å². The van der Waals surface area contributed by atoms with Gasteiger partial charge in [-0.05, 0) is 25.0 Å². The van der Waals surface area contributed by atoms with Gasteiger partial charge >= 0.3 is 0 Å². The number of aromatic nitrogens is 3.